The van der Waals surface area contributed by atoms with Gasteiger partial charge < -0.3 is 0 Å². The van der Waals surface area contributed by atoms with Gasteiger partial charge in [0.2, 0.25) is 0 Å². The SMILES string of the molecule is CSc1ccc2ccc3c4cc(CS)ccc4ccc3c2c1. The highest BCUT2D eigenvalue weighted by atomic mass is 32.2. The van der Waals surface area contributed by atoms with Crippen LogP contribution >= 0.6 is 24.4 Å². The van der Waals surface area contributed by atoms with Gasteiger partial charge >= 0.3 is 0 Å². The van der Waals surface area contributed by atoms with E-state index in [1.165, 1.54) is 42.8 Å². The molecule has 4 aromatic rings. The average molecular weight is 320 g/mol. The van der Waals surface area contributed by atoms with E-state index in [0.29, 0.717) is 0 Å². The van der Waals surface area contributed by atoms with Gasteiger partial charge in [-0.3, -0.25) is 0 Å². The Balaban J connectivity index is 2.15. The normalized spacial score (nSPS) is 11.5. The largest absolute Gasteiger partial charge is 0.175 e. The second-order valence-electron chi connectivity index (χ2n) is 5.53. The highest BCUT2D eigenvalue weighted by Crippen LogP contribution is 2.33. The van der Waals surface area contributed by atoms with Gasteiger partial charge in [-0.1, -0.05) is 42.5 Å². The number of thioether (sulfide) groups is 1. The standard InChI is InChI=1S/C20H16S2/c1-22-16-7-4-15-6-8-17-18(20(15)11-16)9-5-14-3-2-13(12-21)10-19(14)17/h2-11,21H,12H2,1H3. The van der Waals surface area contributed by atoms with Crippen molar-refractivity contribution in [2.45, 2.75) is 10.6 Å². The fraction of sp³-hybridized carbons (Fsp3) is 0.100. The van der Waals surface area contributed by atoms with E-state index < -0.39 is 0 Å². The van der Waals surface area contributed by atoms with Crippen LogP contribution < -0.4 is 0 Å². The molecular formula is C20H16S2. The predicted octanol–water partition coefficient (Wildman–Crippen LogP) is 6.30. The van der Waals surface area contributed by atoms with Gasteiger partial charge in [-0.05, 0) is 62.3 Å². The van der Waals surface area contributed by atoms with Gasteiger partial charge in [0, 0.05) is 10.6 Å². The summed E-state index contributed by atoms with van der Waals surface area (Å²) >= 11 is 6.20. The molecule has 0 saturated carbocycles. The third-order valence-electron chi connectivity index (χ3n) is 4.29. The summed E-state index contributed by atoms with van der Waals surface area (Å²) in [5.41, 5.74) is 1.27. The highest BCUT2D eigenvalue weighted by molar-refractivity contribution is 7.98. The topological polar surface area (TPSA) is 0 Å². The Bertz CT molecular complexity index is 919. The van der Waals surface area contributed by atoms with Crippen molar-refractivity contribution in [3.8, 4) is 0 Å². The first-order valence-corrected chi connectivity index (χ1v) is 9.19. The number of benzene rings is 4. The van der Waals surface area contributed by atoms with Crippen LogP contribution in [0.25, 0.3) is 32.3 Å². The summed E-state index contributed by atoms with van der Waals surface area (Å²) in [6.07, 6.45) is 2.13. The highest BCUT2D eigenvalue weighted by Gasteiger charge is 2.06. The maximum Gasteiger partial charge on any atom is 0.0154 e. The third-order valence-corrected chi connectivity index (χ3v) is 5.38. The molecule has 0 aliphatic carbocycles. The van der Waals surface area contributed by atoms with E-state index in [-0.39, 0.29) is 0 Å². The molecular weight excluding hydrogens is 304 g/mol. The minimum Gasteiger partial charge on any atom is -0.175 e. The summed E-state index contributed by atoms with van der Waals surface area (Å²) in [6.45, 7) is 0. The minimum absolute atomic E-state index is 0.774. The van der Waals surface area contributed by atoms with Gasteiger partial charge in [0.05, 0.1) is 0 Å². The van der Waals surface area contributed by atoms with Crippen LogP contribution in [0.15, 0.2) is 65.6 Å². The maximum absolute atomic E-state index is 4.41. The van der Waals surface area contributed by atoms with Crippen LogP contribution in [0.5, 0.6) is 0 Å². The lowest BCUT2D eigenvalue weighted by molar-refractivity contribution is 1.46. The van der Waals surface area contributed by atoms with Gasteiger partial charge in [0.25, 0.3) is 0 Å². The van der Waals surface area contributed by atoms with Crippen molar-refractivity contribution in [2.24, 2.45) is 0 Å². The lowest BCUT2D eigenvalue weighted by atomic mass is 9.96. The Labute approximate surface area is 139 Å². The monoisotopic (exact) mass is 320 g/mol. The first-order valence-electron chi connectivity index (χ1n) is 7.33. The molecule has 0 nitrogen and oxygen atoms in total. The smallest absolute Gasteiger partial charge is 0.0154 e. The molecule has 108 valence electrons. The van der Waals surface area contributed by atoms with Crippen molar-refractivity contribution in [3.63, 3.8) is 0 Å². The number of thiol groups is 1. The molecule has 0 fully saturated rings. The molecule has 0 heterocycles. The number of rotatable bonds is 2. The molecule has 0 bridgehead atoms. The molecule has 0 radical (unpaired) electrons. The van der Waals surface area contributed by atoms with Crippen LogP contribution in [-0.2, 0) is 5.75 Å². The van der Waals surface area contributed by atoms with Crippen molar-refractivity contribution < 1.29 is 0 Å². The zero-order valence-electron chi connectivity index (χ0n) is 12.3. The van der Waals surface area contributed by atoms with E-state index in [0.717, 1.165) is 5.75 Å². The molecule has 0 unspecified atom stereocenters. The van der Waals surface area contributed by atoms with E-state index in [1.54, 1.807) is 11.8 Å². The van der Waals surface area contributed by atoms with Crippen LogP contribution in [0, 0.1) is 0 Å². The third kappa shape index (κ3) is 2.18. The summed E-state index contributed by atoms with van der Waals surface area (Å²) in [7, 11) is 0. The Morgan fingerprint density at radius 3 is 1.95 bits per heavy atom. The lowest BCUT2D eigenvalue weighted by Crippen LogP contribution is -1.84. The summed E-state index contributed by atoms with van der Waals surface area (Å²) < 4.78 is 0. The van der Waals surface area contributed by atoms with Crippen molar-refractivity contribution in [1.82, 2.24) is 0 Å². The zero-order chi connectivity index (χ0) is 15.1. The molecule has 0 amide bonds. The van der Waals surface area contributed by atoms with E-state index >= 15 is 0 Å². The summed E-state index contributed by atoms with van der Waals surface area (Å²) in [5, 5.41) is 7.90. The van der Waals surface area contributed by atoms with Crippen molar-refractivity contribution >= 4 is 56.7 Å². The van der Waals surface area contributed by atoms with E-state index in [2.05, 4.69) is 79.5 Å². The number of hydrogen-bond acceptors (Lipinski definition) is 2. The van der Waals surface area contributed by atoms with Crippen molar-refractivity contribution in [2.75, 3.05) is 6.26 Å². The second-order valence-corrected chi connectivity index (χ2v) is 6.72. The Morgan fingerprint density at radius 1 is 0.727 bits per heavy atom. The maximum atomic E-state index is 4.41. The van der Waals surface area contributed by atoms with Crippen LogP contribution in [0.1, 0.15) is 5.56 Å². The fourth-order valence-corrected chi connectivity index (χ4v) is 3.75. The molecule has 0 aromatic heterocycles. The van der Waals surface area contributed by atoms with Crippen molar-refractivity contribution in [1.29, 1.82) is 0 Å². The molecule has 0 N–H and O–H groups in total. The van der Waals surface area contributed by atoms with E-state index in [1.807, 2.05) is 0 Å². The molecule has 0 aliphatic heterocycles. The molecule has 22 heavy (non-hydrogen) atoms. The van der Waals surface area contributed by atoms with E-state index in [9.17, 15) is 0 Å². The van der Waals surface area contributed by atoms with Crippen LogP contribution in [0.4, 0.5) is 0 Å². The quantitative estimate of drug-likeness (QED) is 0.257. The van der Waals surface area contributed by atoms with Crippen molar-refractivity contribution in [3.05, 3.63) is 66.2 Å². The molecule has 0 aliphatic rings. The number of hydrogen-bond donors (Lipinski definition) is 1. The van der Waals surface area contributed by atoms with E-state index in [4.69, 9.17) is 0 Å². The first kappa shape index (κ1) is 14.0. The van der Waals surface area contributed by atoms with Gasteiger partial charge in [0.1, 0.15) is 0 Å². The zero-order valence-corrected chi connectivity index (χ0v) is 14.0. The van der Waals surface area contributed by atoms with Gasteiger partial charge in [-0.15, -0.1) is 11.8 Å². The van der Waals surface area contributed by atoms with Crippen LogP contribution in [0.2, 0.25) is 0 Å². The molecule has 0 atom stereocenters. The molecule has 4 aromatic carbocycles. The number of fused-ring (bicyclic) bond motifs is 5. The minimum atomic E-state index is 0.774. The molecule has 4 rings (SSSR count). The average Bonchev–Trinajstić information content (AvgIpc) is 2.60. The van der Waals surface area contributed by atoms with Gasteiger partial charge in [-0.2, -0.15) is 12.6 Å². The first-order chi connectivity index (χ1) is 10.8. The van der Waals surface area contributed by atoms with Gasteiger partial charge in [0.15, 0.2) is 0 Å². The predicted molar refractivity (Wildman–Crippen MR) is 103 cm³/mol. The van der Waals surface area contributed by atoms with Crippen LogP contribution in [0.3, 0.4) is 0 Å². The summed E-state index contributed by atoms with van der Waals surface area (Å²) in [4.78, 5) is 1.31. The summed E-state index contributed by atoms with van der Waals surface area (Å²) in [5.74, 6) is 0.774. The summed E-state index contributed by atoms with van der Waals surface area (Å²) in [6, 6.07) is 22.3. The fourth-order valence-electron chi connectivity index (χ4n) is 3.12. The lowest BCUT2D eigenvalue weighted by Gasteiger charge is -2.09. The molecule has 0 spiro atoms. The Kier molecular flexibility index (Phi) is 3.51. The Morgan fingerprint density at radius 2 is 1.32 bits per heavy atom. The van der Waals surface area contributed by atoms with Crippen LogP contribution in [-0.4, -0.2) is 6.26 Å². The van der Waals surface area contributed by atoms with Gasteiger partial charge in [-0.25, -0.2) is 0 Å². The molecule has 0 saturated heterocycles. The Hall–Kier alpha value is -1.64. The second kappa shape index (κ2) is 5.53. The molecule has 2 heteroatoms.